The van der Waals surface area contributed by atoms with E-state index < -0.39 is 5.54 Å². The summed E-state index contributed by atoms with van der Waals surface area (Å²) in [4.78, 5) is 11.6. The first-order valence-corrected chi connectivity index (χ1v) is 6.51. The molecule has 3 nitrogen and oxygen atoms in total. The Bertz CT molecular complexity index is 400. The number of nitrogens with one attached hydrogen (secondary N) is 1. The molecule has 1 amide bonds. The lowest BCUT2D eigenvalue weighted by atomic mass is 9.97. The number of carbonyl (C=O) groups is 1. The van der Waals surface area contributed by atoms with Crippen molar-refractivity contribution in [1.29, 1.82) is 0 Å². The minimum Gasteiger partial charge on any atom is -0.370 e. The largest absolute Gasteiger partial charge is 0.370 e. The minimum absolute atomic E-state index is 0.249. The molecule has 16 heavy (non-hydrogen) atoms. The van der Waals surface area contributed by atoms with Crippen LogP contribution in [0.4, 0.5) is 5.69 Å². The zero-order valence-corrected chi connectivity index (χ0v) is 10.1. The fraction of sp³-hybridized carbons (Fsp3) is 0.417. The van der Waals surface area contributed by atoms with Crippen LogP contribution in [0.1, 0.15) is 12.0 Å². The second-order valence-electron chi connectivity index (χ2n) is 4.19. The molecule has 1 unspecified atom stereocenters. The van der Waals surface area contributed by atoms with Gasteiger partial charge in [-0.15, -0.1) is 0 Å². The summed E-state index contributed by atoms with van der Waals surface area (Å²) in [7, 11) is 0. The number of benzene rings is 1. The third-order valence-corrected chi connectivity index (χ3v) is 4.20. The SMILES string of the molecule is Cc1ccccc1NC1(C(N)=O)CCSC1. The molecule has 1 aromatic carbocycles. The number of carbonyl (C=O) groups excluding carboxylic acids is 1. The van der Waals surface area contributed by atoms with Crippen LogP contribution >= 0.6 is 11.8 Å². The number of anilines is 1. The fourth-order valence-corrected chi connectivity index (χ4v) is 3.23. The van der Waals surface area contributed by atoms with Gasteiger partial charge in [0.2, 0.25) is 5.91 Å². The Morgan fingerprint density at radius 2 is 2.25 bits per heavy atom. The number of hydrogen-bond acceptors (Lipinski definition) is 3. The maximum atomic E-state index is 11.6. The van der Waals surface area contributed by atoms with Gasteiger partial charge in [-0.05, 0) is 30.7 Å². The highest BCUT2D eigenvalue weighted by Crippen LogP contribution is 2.32. The molecule has 0 spiro atoms. The maximum absolute atomic E-state index is 11.6. The van der Waals surface area contributed by atoms with Crippen molar-refractivity contribution in [2.45, 2.75) is 18.9 Å². The molecule has 0 bridgehead atoms. The highest BCUT2D eigenvalue weighted by molar-refractivity contribution is 7.99. The summed E-state index contributed by atoms with van der Waals surface area (Å²) in [6.45, 7) is 2.03. The summed E-state index contributed by atoms with van der Waals surface area (Å²) in [5.74, 6) is 1.50. The van der Waals surface area contributed by atoms with E-state index in [1.54, 1.807) is 11.8 Å². The molecule has 0 aliphatic carbocycles. The van der Waals surface area contributed by atoms with Crippen LogP contribution < -0.4 is 11.1 Å². The first-order chi connectivity index (χ1) is 7.64. The Kier molecular flexibility index (Phi) is 3.10. The second kappa shape index (κ2) is 4.37. The number of aryl methyl sites for hydroxylation is 1. The number of hydrogen-bond donors (Lipinski definition) is 2. The molecule has 3 N–H and O–H groups in total. The number of amides is 1. The number of nitrogens with two attached hydrogens (primary N) is 1. The molecular formula is C12H16N2OS. The van der Waals surface area contributed by atoms with E-state index in [2.05, 4.69) is 5.32 Å². The predicted molar refractivity (Wildman–Crippen MR) is 68.7 cm³/mol. The number of thioether (sulfide) groups is 1. The Labute approximate surface area is 99.8 Å². The molecule has 0 radical (unpaired) electrons. The van der Waals surface area contributed by atoms with E-state index in [9.17, 15) is 4.79 Å². The van der Waals surface area contributed by atoms with Crippen LogP contribution in [0.5, 0.6) is 0 Å². The van der Waals surface area contributed by atoms with Crippen LogP contribution in [-0.4, -0.2) is 23.0 Å². The molecule has 1 heterocycles. The van der Waals surface area contributed by atoms with Gasteiger partial charge in [0.15, 0.2) is 0 Å². The monoisotopic (exact) mass is 236 g/mol. The van der Waals surface area contributed by atoms with Crippen LogP contribution in [0, 0.1) is 6.92 Å². The summed E-state index contributed by atoms with van der Waals surface area (Å²) >= 11 is 1.77. The highest BCUT2D eigenvalue weighted by atomic mass is 32.2. The van der Waals surface area contributed by atoms with Crippen molar-refractivity contribution in [1.82, 2.24) is 0 Å². The quantitative estimate of drug-likeness (QED) is 0.841. The van der Waals surface area contributed by atoms with Crippen molar-refractivity contribution in [3.8, 4) is 0 Å². The lowest BCUT2D eigenvalue weighted by Gasteiger charge is -2.28. The van der Waals surface area contributed by atoms with E-state index in [4.69, 9.17) is 5.73 Å². The maximum Gasteiger partial charge on any atom is 0.243 e. The Balaban J connectivity index is 2.25. The van der Waals surface area contributed by atoms with Gasteiger partial charge in [0.05, 0.1) is 0 Å². The molecule has 1 fully saturated rings. The van der Waals surface area contributed by atoms with Gasteiger partial charge in [0, 0.05) is 11.4 Å². The van der Waals surface area contributed by atoms with Crippen LogP contribution in [-0.2, 0) is 4.79 Å². The first-order valence-electron chi connectivity index (χ1n) is 5.35. The van der Waals surface area contributed by atoms with Gasteiger partial charge in [-0.2, -0.15) is 11.8 Å². The number of primary amides is 1. The van der Waals surface area contributed by atoms with E-state index in [1.165, 1.54) is 0 Å². The molecule has 2 rings (SSSR count). The summed E-state index contributed by atoms with van der Waals surface area (Å²) in [5.41, 5.74) is 7.10. The topological polar surface area (TPSA) is 55.1 Å². The Hall–Kier alpha value is -1.16. The third-order valence-electron chi connectivity index (χ3n) is 3.01. The molecule has 1 atom stereocenters. The summed E-state index contributed by atoms with van der Waals surface area (Å²) < 4.78 is 0. The van der Waals surface area contributed by atoms with Crippen molar-refractivity contribution in [3.05, 3.63) is 29.8 Å². The second-order valence-corrected chi connectivity index (χ2v) is 5.29. The zero-order valence-electron chi connectivity index (χ0n) is 9.32. The first kappa shape index (κ1) is 11.3. The van der Waals surface area contributed by atoms with E-state index in [0.717, 1.165) is 29.2 Å². The van der Waals surface area contributed by atoms with Gasteiger partial charge >= 0.3 is 0 Å². The van der Waals surface area contributed by atoms with Gasteiger partial charge in [0.1, 0.15) is 5.54 Å². The third kappa shape index (κ3) is 2.02. The molecule has 1 aliphatic rings. The molecule has 1 aromatic rings. The molecular weight excluding hydrogens is 220 g/mol. The Morgan fingerprint density at radius 1 is 1.50 bits per heavy atom. The van der Waals surface area contributed by atoms with Crippen LogP contribution in [0.25, 0.3) is 0 Å². The minimum atomic E-state index is -0.559. The summed E-state index contributed by atoms with van der Waals surface area (Å²) in [5, 5.41) is 3.33. The normalized spacial score (nSPS) is 24.3. The van der Waals surface area contributed by atoms with Crippen molar-refractivity contribution >= 4 is 23.4 Å². The number of rotatable bonds is 3. The van der Waals surface area contributed by atoms with Crippen LogP contribution in [0.3, 0.4) is 0 Å². The van der Waals surface area contributed by atoms with Crippen molar-refractivity contribution < 1.29 is 4.79 Å². The Morgan fingerprint density at radius 3 is 2.81 bits per heavy atom. The standard InChI is InChI=1S/C12H16N2OS/c1-9-4-2-3-5-10(9)14-12(11(13)15)6-7-16-8-12/h2-5,14H,6-8H2,1H3,(H2,13,15). The summed E-state index contributed by atoms with van der Waals surface area (Å²) in [6.07, 6.45) is 0.807. The van der Waals surface area contributed by atoms with Gasteiger partial charge in [-0.25, -0.2) is 0 Å². The molecule has 4 heteroatoms. The predicted octanol–water partition coefficient (Wildman–Crippen LogP) is 1.77. The van der Waals surface area contributed by atoms with Crippen molar-refractivity contribution in [2.24, 2.45) is 5.73 Å². The lowest BCUT2D eigenvalue weighted by molar-refractivity contribution is -0.121. The van der Waals surface area contributed by atoms with Crippen molar-refractivity contribution in [3.63, 3.8) is 0 Å². The number of para-hydroxylation sites is 1. The molecule has 1 aliphatic heterocycles. The van der Waals surface area contributed by atoms with E-state index in [1.807, 2.05) is 31.2 Å². The van der Waals surface area contributed by atoms with Gasteiger partial charge < -0.3 is 11.1 Å². The molecule has 0 aromatic heterocycles. The molecule has 1 saturated heterocycles. The average Bonchev–Trinajstić information content (AvgIpc) is 2.71. The van der Waals surface area contributed by atoms with Crippen LogP contribution in [0.2, 0.25) is 0 Å². The fourth-order valence-electron chi connectivity index (χ4n) is 1.89. The van der Waals surface area contributed by atoms with E-state index in [0.29, 0.717) is 0 Å². The van der Waals surface area contributed by atoms with Gasteiger partial charge in [-0.3, -0.25) is 4.79 Å². The van der Waals surface area contributed by atoms with E-state index >= 15 is 0 Å². The van der Waals surface area contributed by atoms with Gasteiger partial charge in [-0.1, -0.05) is 18.2 Å². The molecule has 0 saturated carbocycles. The van der Waals surface area contributed by atoms with Gasteiger partial charge in [0.25, 0.3) is 0 Å². The average molecular weight is 236 g/mol. The smallest absolute Gasteiger partial charge is 0.243 e. The highest BCUT2D eigenvalue weighted by Gasteiger charge is 2.40. The summed E-state index contributed by atoms with van der Waals surface area (Å²) in [6, 6.07) is 7.97. The van der Waals surface area contributed by atoms with E-state index in [-0.39, 0.29) is 5.91 Å². The lowest BCUT2D eigenvalue weighted by Crippen LogP contribution is -2.50. The molecule has 86 valence electrons. The van der Waals surface area contributed by atoms with Crippen LogP contribution in [0.15, 0.2) is 24.3 Å². The van der Waals surface area contributed by atoms with Crippen molar-refractivity contribution in [2.75, 3.05) is 16.8 Å². The zero-order chi connectivity index (χ0) is 11.6.